The summed E-state index contributed by atoms with van der Waals surface area (Å²) >= 11 is 0. The van der Waals surface area contributed by atoms with Gasteiger partial charge >= 0.3 is 5.97 Å². The Hall–Kier alpha value is -1.32. The minimum atomic E-state index is -1.11. The first-order chi connectivity index (χ1) is 7.37. The Balaban J connectivity index is 4.04. The molecule has 0 aromatic heterocycles. The van der Waals surface area contributed by atoms with Gasteiger partial charge in [0.25, 0.3) is 0 Å². The molecule has 0 saturated carbocycles. The lowest BCUT2D eigenvalue weighted by molar-refractivity contribution is -0.131. The summed E-state index contributed by atoms with van der Waals surface area (Å²) in [5.74, 6) is -1.47. The molecule has 0 aromatic rings. The predicted octanol–water partition coefficient (Wildman–Crippen LogP) is 2.10. The first-order valence-electron chi connectivity index (χ1n) is 5.60. The first kappa shape index (κ1) is 14.7. The van der Waals surface area contributed by atoms with Crippen molar-refractivity contribution >= 4 is 11.9 Å². The molecule has 0 heterocycles. The van der Waals surface area contributed by atoms with Gasteiger partial charge in [-0.2, -0.15) is 0 Å². The van der Waals surface area contributed by atoms with E-state index >= 15 is 0 Å². The van der Waals surface area contributed by atoms with E-state index in [0.29, 0.717) is 0 Å². The van der Waals surface area contributed by atoms with Crippen LogP contribution in [-0.2, 0) is 9.59 Å². The largest absolute Gasteiger partial charge is 0.478 e. The van der Waals surface area contributed by atoms with Gasteiger partial charge in [0.2, 0.25) is 5.91 Å². The number of unbranched alkanes of at least 4 members (excludes halogenated alkanes) is 2. The highest BCUT2D eigenvalue weighted by Crippen LogP contribution is 2.13. The summed E-state index contributed by atoms with van der Waals surface area (Å²) in [5.41, 5.74) is -0.283. The third kappa shape index (κ3) is 8.03. The highest BCUT2D eigenvalue weighted by molar-refractivity contribution is 5.94. The van der Waals surface area contributed by atoms with E-state index in [1.807, 2.05) is 13.8 Å². The summed E-state index contributed by atoms with van der Waals surface area (Å²) in [6.45, 7) is 6.01. The molecular formula is C12H21NO3. The van der Waals surface area contributed by atoms with Gasteiger partial charge in [-0.1, -0.05) is 26.2 Å². The Morgan fingerprint density at radius 3 is 2.38 bits per heavy atom. The average Bonchev–Trinajstić information content (AvgIpc) is 2.14. The molecule has 0 fully saturated rings. The summed E-state index contributed by atoms with van der Waals surface area (Å²) in [7, 11) is 0. The van der Waals surface area contributed by atoms with Crippen molar-refractivity contribution in [1.82, 2.24) is 5.32 Å². The van der Waals surface area contributed by atoms with Crippen LogP contribution in [0.1, 0.15) is 46.5 Å². The van der Waals surface area contributed by atoms with Crippen LogP contribution in [0.25, 0.3) is 0 Å². The minimum absolute atomic E-state index is 0.283. The number of hydrogen-bond donors (Lipinski definition) is 2. The van der Waals surface area contributed by atoms with E-state index in [9.17, 15) is 9.59 Å². The molecule has 0 unspecified atom stereocenters. The zero-order chi connectivity index (χ0) is 12.6. The van der Waals surface area contributed by atoms with Crippen molar-refractivity contribution in [1.29, 1.82) is 0 Å². The maximum absolute atomic E-state index is 11.3. The number of aliphatic carboxylic acids is 1. The molecule has 0 aromatic carbocycles. The van der Waals surface area contributed by atoms with Gasteiger partial charge in [0, 0.05) is 17.7 Å². The molecule has 0 rings (SSSR count). The second-order valence-electron chi connectivity index (χ2n) is 4.50. The summed E-state index contributed by atoms with van der Waals surface area (Å²) in [6.07, 6.45) is 6.13. The van der Waals surface area contributed by atoms with E-state index in [4.69, 9.17) is 5.11 Å². The van der Waals surface area contributed by atoms with Crippen LogP contribution in [0.5, 0.6) is 0 Å². The fourth-order valence-corrected chi connectivity index (χ4v) is 1.40. The highest BCUT2D eigenvalue weighted by atomic mass is 16.4. The van der Waals surface area contributed by atoms with Gasteiger partial charge in [0.05, 0.1) is 0 Å². The normalized spacial score (nSPS) is 11.7. The van der Waals surface area contributed by atoms with Crippen LogP contribution in [0.15, 0.2) is 12.2 Å². The van der Waals surface area contributed by atoms with Crippen LogP contribution in [-0.4, -0.2) is 22.5 Å². The fraction of sp³-hybridized carbons (Fsp3) is 0.667. The number of nitrogens with one attached hydrogen (secondary N) is 1. The van der Waals surface area contributed by atoms with Crippen molar-refractivity contribution in [3.63, 3.8) is 0 Å². The Morgan fingerprint density at radius 2 is 1.88 bits per heavy atom. The van der Waals surface area contributed by atoms with Crippen molar-refractivity contribution in [2.24, 2.45) is 0 Å². The molecule has 0 aliphatic heterocycles. The van der Waals surface area contributed by atoms with Crippen molar-refractivity contribution in [3.05, 3.63) is 12.2 Å². The van der Waals surface area contributed by atoms with Crippen LogP contribution in [0.4, 0.5) is 0 Å². The monoisotopic (exact) mass is 227 g/mol. The Labute approximate surface area is 96.7 Å². The van der Waals surface area contributed by atoms with Gasteiger partial charge in [0.1, 0.15) is 0 Å². The zero-order valence-corrected chi connectivity index (χ0v) is 10.2. The maximum atomic E-state index is 11.3. The Kier molecular flexibility index (Phi) is 6.46. The van der Waals surface area contributed by atoms with E-state index in [1.165, 1.54) is 0 Å². The van der Waals surface area contributed by atoms with Gasteiger partial charge in [-0.3, -0.25) is 4.79 Å². The fourth-order valence-electron chi connectivity index (χ4n) is 1.40. The molecule has 0 aliphatic rings. The third-order valence-corrected chi connectivity index (χ3v) is 2.24. The van der Waals surface area contributed by atoms with Crippen LogP contribution in [0.2, 0.25) is 0 Å². The second kappa shape index (κ2) is 7.04. The van der Waals surface area contributed by atoms with E-state index in [1.54, 1.807) is 0 Å². The summed E-state index contributed by atoms with van der Waals surface area (Å²) in [5, 5.41) is 11.1. The van der Waals surface area contributed by atoms with Gasteiger partial charge in [0.15, 0.2) is 0 Å². The van der Waals surface area contributed by atoms with Crippen LogP contribution < -0.4 is 5.32 Å². The second-order valence-corrected chi connectivity index (χ2v) is 4.50. The van der Waals surface area contributed by atoms with E-state index in [0.717, 1.165) is 37.8 Å². The van der Waals surface area contributed by atoms with E-state index in [2.05, 4.69) is 12.2 Å². The van der Waals surface area contributed by atoms with Crippen molar-refractivity contribution in [3.8, 4) is 0 Å². The SMILES string of the molecule is CCCCCC(C)(C)NC(=O)C=CC(=O)O. The molecular weight excluding hydrogens is 206 g/mol. The molecule has 1 amide bonds. The highest BCUT2D eigenvalue weighted by Gasteiger charge is 2.18. The lowest BCUT2D eigenvalue weighted by atomic mass is 9.96. The molecule has 0 atom stereocenters. The Bertz CT molecular complexity index is 269. The molecule has 4 nitrogen and oxygen atoms in total. The summed E-state index contributed by atoms with van der Waals surface area (Å²) in [6, 6.07) is 0. The van der Waals surface area contributed by atoms with Crippen molar-refractivity contribution in [2.45, 2.75) is 52.0 Å². The quantitative estimate of drug-likeness (QED) is 0.517. The molecule has 92 valence electrons. The van der Waals surface area contributed by atoms with Gasteiger partial charge in [-0.05, 0) is 20.3 Å². The number of carbonyl (C=O) groups excluding carboxylic acids is 1. The third-order valence-electron chi connectivity index (χ3n) is 2.24. The van der Waals surface area contributed by atoms with Crippen molar-refractivity contribution < 1.29 is 14.7 Å². The van der Waals surface area contributed by atoms with Gasteiger partial charge in [-0.25, -0.2) is 4.79 Å². The Morgan fingerprint density at radius 1 is 1.25 bits per heavy atom. The van der Waals surface area contributed by atoms with Crippen LogP contribution in [0.3, 0.4) is 0 Å². The predicted molar refractivity (Wildman–Crippen MR) is 63.1 cm³/mol. The van der Waals surface area contributed by atoms with Gasteiger partial charge < -0.3 is 10.4 Å². The molecule has 0 saturated heterocycles. The number of rotatable bonds is 7. The topological polar surface area (TPSA) is 66.4 Å². The molecule has 0 radical (unpaired) electrons. The zero-order valence-electron chi connectivity index (χ0n) is 10.2. The maximum Gasteiger partial charge on any atom is 0.328 e. The molecule has 0 aliphatic carbocycles. The van der Waals surface area contributed by atoms with Crippen LogP contribution in [0, 0.1) is 0 Å². The first-order valence-corrected chi connectivity index (χ1v) is 5.60. The van der Waals surface area contributed by atoms with E-state index < -0.39 is 5.97 Å². The van der Waals surface area contributed by atoms with Gasteiger partial charge in [-0.15, -0.1) is 0 Å². The molecule has 2 N–H and O–H groups in total. The van der Waals surface area contributed by atoms with Crippen LogP contribution >= 0.6 is 0 Å². The number of carbonyl (C=O) groups is 2. The smallest absolute Gasteiger partial charge is 0.328 e. The summed E-state index contributed by atoms with van der Waals surface area (Å²) in [4.78, 5) is 21.5. The number of hydrogen-bond acceptors (Lipinski definition) is 2. The molecule has 4 heteroatoms. The average molecular weight is 227 g/mol. The van der Waals surface area contributed by atoms with Crippen molar-refractivity contribution in [2.75, 3.05) is 0 Å². The number of carboxylic acid groups (broad SMARTS) is 1. The molecule has 0 bridgehead atoms. The number of amides is 1. The minimum Gasteiger partial charge on any atom is -0.478 e. The standard InChI is InChI=1S/C12H21NO3/c1-4-5-6-9-12(2,3)13-10(14)7-8-11(15)16/h7-8H,4-6,9H2,1-3H3,(H,13,14)(H,15,16). The molecule has 16 heavy (non-hydrogen) atoms. The number of carboxylic acids is 1. The lowest BCUT2D eigenvalue weighted by Crippen LogP contribution is -2.42. The lowest BCUT2D eigenvalue weighted by Gasteiger charge is -2.25. The van der Waals surface area contributed by atoms with E-state index in [-0.39, 0.29) is 11.4 Å². The molecule has 0 spiro atoms. The summed E-state index contributed by atoms with van der Waals surface area (Å²) < 4.78 is 0.